The SMILES string of the molecule is O=C(CSc1nnc(-c2ccccc2Br)o1)Nc1nc(-c2ccc([N+](=O)[O-])cc2)cs1. The number of thiazole rings is 1. The number of nitro benzene ring substituents is 1. The zero-order valence-electron chi connectivity index (χ0n) is 15.5. The highest BCUT2D eigenvalue weighted by atomic mass is 79.9. The van der Waals surface area contributed by atoms with E-state index in [1.165, 1.54) is 23.5 Å². The Morgan fingerprint density at radius 3 is 2.71 bits per heavy atom. The number of halogens is 1. The van der Waals surface area contributed by atoms with E-state index in [1.807, 2.05) is 24.3 Å². The second-order valence-electron chi connectivity index (χ2n) is 6.03. The van der Waals surface area contributed by atoms with Crippen molar-refractivity contribution in [2.45, 2.75) is 5.22 Å². The predicted octanol–water partition coefficient (Wildman–Crippen LogP) is 5.26. The van der Waals surface area contributed by atoms with Gasteiger partial charge in [0.05, 0.1) is 21.9 Å². The molecular formula is C19H12BrN5O4S2. The number of carbonyl (C=O) groups is 1. The quantitative estimate of drug-likeness (QED) is 0.200. The van der Waals surface area contributed by atoms with E-state index in [2.05, 4.69) is 36.4 Å². The Hall–Kier alpha value is -3.09. The van der Waals surface area contributed by atoms with Gasteiger partial charge in [-0.25, -0.2) is 4.98 Å². The highest BCUT2D eigenvalue weighted by Gasteiger charge is 2.14. The summed E-state index contributed by atoms with van der Waals surface area (Å²) < 4.78 is 6.44. The van der Waals surface area contributed by atoms with Crippen molar-refractivity contribution in [3.8, 4) is 22.7 Å². The summed E-state index contributed by atoms with van der Waals surface area (Å²) in [5.41, 5.74) is 2.13. The number of anilines is 1. The van der Waals surface area contributed by atoms with E-state index in [-0.39, 0.29) is 22.6 Å². The Morgan fingerprint density at radius 2 is 1.97 bits per heavy atom. The van der Waals surface area contributed by atoms with E-state index in [9.17, 15) is 14.9 Å². The minimum absolute atomic E-state index is 0.00772. The molecule has 0 saturated carbocycles. The molecule has 0 fully saturated rings. The number of aromatic nitrogens is 3. The third-order valence-corrected chi connectivity index (χ3v) is 6.23. The minimum Gasteiger partial charge on any atom is -0.411 e. The first-order chi connectivity index (χ1) is 15.0. The normalized spacial score (nSPS) is 10.7. The van der Waals surface area contributed by atoms with Crippen LogP contribution in [0.1, 0.15) is 0 Å². The Labute approximate surface area is 192 Å². The van der Waals surface area contributed by atoms with Crippen LogP contribution in [0.2, 0.25) is 0 Å². The van der Waals surface area contributed by atoms with Crippen LogP contribution < -0.4 is 5.32 Å². The van der Waals surface area contributed by atoms with Gasteiger partial charge in [0.25, 0.3) is 10.9 Å². The molecule has 0 aliphatic heterocycles. The summed E-state index contributed by atoms with van der Waals surface area (Å²) in [6.45, 7) is 0. The average molecular weight is 518 g/mol. The molecule has 0 spiro atoms. The first-order valence-electron chi connectivity index (χ1n) is 8.71. The van der Waals surface area contributed by atoms with Crippen LogP contribution in [0, 0.1) is 10.1 Å². The van der Waals surface area contributed by atoms with Gasteiger partial charge in [-0.1, -0.05) is 23.9 Å². The number of nitrogens with zero attached hydrogens (tertiary/aromatic N) is 4. The van der Waals surface area contributed by atoms with E-state index in [0.29, 0.717) is 16.7 Å². The van der Waals surface area contributed by atoms with E-state index < -0.39 is 4.92 Å². The van der Waals surface area contributed by atoms with Crippen LogP contribution in [0.4, 0.5) is 10.8 Å². The minimum atomic E-state index is -0.459. The van der Waals surface area contributed by atoms with Gasteiger partial charge in [0.15, 0.2) is 5.13 Å². The number of carbonyl (C=O) groups excluding carboxylic acids is 1. The second kappa shape index (κ2) is 9.37. The Bertz CT molecular complexity index is 1240. The summed E-state index contributed by atoms with van der Waals surface area (Å²) in [5, 5.41) is 23.9. The molecular weight excluding hydrogens is 506 g/mol. The summed E-state index contributed by atoms with van der Waals surface area (Å²) in [5.74, 6) is 0.169. The summed E-state index contributed by atoms with van der Waals surface area (Å²) in [6, 6.07) is 13.5. The van der Waals surface area contributed by atoms with Gasteiger partial charge in [-0.05, 0) is 40.2 Å². The number of hydrogen-bond donors (Lipinski definition) is 1. The largest absolute Gasteiger partial charge is 0.411 e. The molecule has 0 radical (unpaired) electrons. The van der Waals surface area contributed by atoms with Crippen LogP contribution in [0.3, 0.4) is 0 Å². The Balaban J connectivity index is 1.34. The van der Waals surface area contributed by atoms with Crippen molar-refractivity contribution in [1.82, 2.24) is 15.2 Å². The van der Waals surface area contributed by atoms with E-state index in [4.69, 9.17) is 4.42 Å². The van der Waals surface area contributed by atoms with Gasteiger partial charge < -0.3 is 9.73 Å². The number of thioether (sulfide) groups is 1. The molecule has 31 heavy (non-hydrogen) atoms. The number of rotatable bonds is 7. The van der Waals surface area contributed by atoms with Crippen LogP contribution in [0.25, 0.3) is 22.7 Å². The summed E-state index contributed by atoms with van der Waals surface area (Å²) >= 11 is 5.82. The third kappa shape index (κ3) is 5.16. The van der Waals surface area contributed by atoms with Crippen molar-refractivity contribution in [2.75, 3.05) is 11.1 Å². The van der Waals surface area contributed by atoms with Crippen molar-refractivity contribution >= 4 is 55.8 Å². The molecule has 0 atom stereocenters. The lowest BCUT2D eigenvalue weighted by molar-refractivity contribution is -0.384. The fourth-order valence-corrected chi connectivity index (χ4v) is 4.27. The monoisotopic (exact) mass is 517 g/mol. The van der Waals surface area contributed by atoms with Gasteiger partial charge >= 0.3 is 0 Å². The number of benzene rings is 2. The second-order valence-corrected chi connectivity index (χ2v) is 8.67. The van der Waals surface area contributed by atoms with Crippen molar-refractivity contribution < 1.29 is 14.1 Å². The zero-order valence-corrected chi connectivity index (χ0v) is 18.7. The van der Waals surface area contributed by atoms with Gasteiger partial charge in [0.2, 0.25) is 11.8 Å². The third-order valence-electron chi connectivity index (χ3n) is 3.96. The van der Waals surface area contributed by atoms with Crippen LogP contribution in [0.15, 0.2) is 68.0 Å². The van der Waals surface area contributed by atoms with Gasteiger partial charge in [-0.2, -0.15) is 0 Å². The maximum absolute atomic E-state index is 12.2. The summed E-state index contributed by atoms with van der Waals surface area (Å²) in [7, 11) is 0. The van der Waals surface area contributed by atoms with E-state index >= 15 is 0 Å². The standard InChI is InChI=1S/C19H12BrN5O4S2/c20-14-4-2-1-3-13(14)17-23-24-19(29-17)31-10-16(26)22-18-21-15(9-30-18)11-5-7-12(8-6-11)25(27)28/h1-9H,10H2,(H,21,22,26). The van der Waals surface area contributed by atoms with Crippen molar-refractivity contribution in [1.29, 1.82) is 0 Å². The van der Waals surface area contributed by atoms with Gasteiger partial charge in [-0.3, -0.25) is 14.9 Å². The van der Waals surface area contributed by atoms with Gasteiger partial charge in [0.1, 0.15) is 0 Å². The zero-order chi connectivity index (χ0) is 21.8. The molecule has 0 saturated heterocycles. The van der Waals surface area contributed by atoms with Crippen LogP contribution >= 0.6 is 39.0 Å². The molecule has 0 aliphatic rings. The van der Waals surface area contributed by atoms with Crippen molar-refractivity contribution in [3.05, 3.63) is 68.5 Å². The van der Waals surface area contributed by atoms with Gasteiger partial charge in [-0.15, -0.1) is 21.5 Å². The average Bonchev–Trinajstić information content (AvgIpc) is 3.42. The molecule has 12 heteroatoms. The Morgan fingerprint density at radius 1 is 1.19 bits per heavy atom. The molecule has 2 aromatic heterocycles. The smallest absolute Gasteiger partial charge is 0.277 e. The molecule has 1 amide bonds. The van der Waals surface area contributed by atoms with E-state index in [0.717, 1.165) is 27.4 Å². The number of amides is 1. The van der Waals surface area contributed by atoms with Crippen molar-refractivity contribution in [3.63, 3.8) is 0 Å². The maximum Gasteiger partial charge on any atom is 0.277 e. The van der Waals surface area contributed by atoms with Crippen LogP contribution in [0.5, 0.6) is 0 Å². The highest BCUT2D eigenvalue weighted by Crippen LogP contribution is 2.29. The molecule has 4 rings (SSSR count). The molecule has 0 aliphatic carbocycles. The number of hydrogen-bond acceptors (Lipinski definition) is 9. The fraction of sp³-hybridized carbons (Fsp3) is 0.0526. The maximum atomic E-state index is 12.2. The first-order valence-corrected chi connectivity index (χ1v) is 11.4. The number of non-ortho nitro benzene ring substituents is 1. The lowest BCUT2D eigenvalue weighted by Crippen LogP contribution is -2.13. The lowest BCUT2D eigenvalue weighted by Gasteiger charge is -2.00. The lowest BCUT2D eigenvalue weighted by atomic mass is 10.1. The van der Waals surface area contributed by atoms with E-state index in [1.54, 1.807) is 17.5 Å². The van der Waals surface area contributed by atoms with Crippen LogP contribution in [-0.4, -0.2) is 31.8 Å². The molecule has 9 nitrogen and oxygen atoms in total. The van der Waals surface area contributed by atoms with Gasteiger partial charge in [0, 0.05) is 27.5 Å². The molecule has 2 aromatic carbocycles. The topological polar surface area (TPSA) is 124 Å². The van der Waals surface area contributed by atoms with Crippen LogP contribution in [-0.2, 0) is 4.79 Å². The molecule has 156 valence electrons. The predicted molar refractivity (Wildman–Crippen MR) is 121 cm³/mol. The molecule has 2 heterocycles. The molecule has 0 bridgehead atoms. The molecule has 1 N–H and O–H groups in total. The van der Waals surface area contributed by atoms with Crippen molar-refractivity contribution in [2.24, 2.45) is 0 Å². The first kappa shape index (κ1) is 21.2. The highest BCUT2D eigenvalue weighted by molar-refractivity contribution is 9.10. The summed E-state index contributed by atoms with van der Waals surface area (Å²) in [6.07, 6.45) is 0. The number of nitro groups is 1. The Kier molecular flexibility index (Phi) is 6.39. The number of nitrogens with one attached hydrogen (secondary N) is 1. The molecule has 0 unspecified atom stereocenters. The fourth-order valence-electron chi connectivity index (χ4n) is 2.51. The molecule has 4 aromatic rings. The summed E-state index contributed by atoms with van der Waals surface area (Å²) in [4.78, 5) is 26.9.